The van der Waals surface area contributed by atoms with Crippen LogP contribution in [0.15, 0.2) is 48.8 Å². The molecule has 5 nitrogen and oxygen atoms in total. The van der Waals surface area contributed by atoms with Gasteiger partial charge < -0.3 is 9.88 Å². The van der Waals surface area contributed by atoms with Crippen molar-refractivity contribution in [3.63, 3.8) is 0 Å². The average Bonchev–Trinajstić information content (AvgIpc) is 3.29. The SMILES string of the molecule is N#CC1CC=C(n2ccc3cc(-c4ccc5c(c4)CC(=O)N5)cnc32)CC1. The number of pyridine rings is 1. The van der Waals surface area contributed by atoms with Gasteiger partial charge >= 0.3 is 0 Å². The number of nitriles is 1. The standard InChI is InChI=1S/C22H18N4O/c23-12-14-1-4-19(5-2-14)26-8-7-16-10-18(13-24-22(16)26)15-3-6-20-17(9-15)11-21(27)25-20/h3-4,6-10,13-14H,1-2,5,11H2,(H,25,27). The van der Waals surface area contributed by atoms with Crippen molar-refractivity contribution < 1.29 is 4.79 Å². The van der Waals surface area contributed by atoms with Gasteiger partial charge in [-0.15, -0.1) is 0 Å². The van der Waals surface area contributed by atoms with Crippen LogP contribution in [0.25, 0.3) is 27.9 Å². The Kier molecular flexibility index (Phi) is 3.58. The van der Waals surface area contributed by atoms with Crippen LogP contribution in [-0.2, 0) is 11.2 Å². The Hall–Kier alpha value is -3.39. The van der Waals surface area contributed by atoms with Crippen molar-refractivity contribution >= 4 is 28.3 Å². The van der Waals surface area contributed by atoms with Gasteiger partial charge in [-0.25, -0.2) is 4.98 Å². The first-order valence-electron chi connectivity index (χ1n) is 9.20. The number of hydrogen-bond acceptors (Lipinski definition) is 3. The number of carbonyl (C=O) groups is 1. The first-order chi connectivity index (χ1) is 13.2. The lowest BCUT2D eigenvalue weighted by molar-refractivity contribution is -0.115. The fourth-order valence-electron chi connectivity index (χ4n) is 3.98. The topological polar surface area (TPSA) is 70.7 Å². The summed E-state index contributed by atoms with van der Waals surface area (Å²) in [5, 5.41) is 13.0. The van der Waals surface area contributed by atoms with Gasteiger partial charge in [-0.3, -0.25) is 4.79 Å². The summed E-state index contributed by atoms with van der Waals surface area (Å²) in [4.78, 5) is 16.3. The molecule has 0 radical (unpaired) electrons. The zero-order valence-corrected chi connectivity index (χ0v) is 14.8. The Morgan fingerprint density at radius 3 is 2.96 bits per heavy atom. The van der Waals surface area contributed by atoms with Crippen LogP contribution < -0.4 is 5.32 Å². The molecule has 1 unspecified atom stereocenters. The van der Waals surface area contributed by atoms with Crippen LogP contribution in [0.3, 0.4) is 0 Å². The Balaban J connectivity index is 1.50. The van der Waals surface area contributed by atoms with Crippen molar-refractivity contribution in [3.05, 3.63) is 54.4 Å². The summed E-state index contributed by atoms with van der Waals surface area (Å²) >= 11 is 0. The molecule has 5 heteroatoms. The average molecular weight is 354 g/mol. The van der Waals surface area contributed by atoms with Gasteiger partial charge in [0, 0.05) is 34.7 Å². The van der Waals surface area contributed by atoms with Gasteiger partial charge in [0.2, 0.25) is 5.91 Å². The van der Waals surface area contributed by atoms with Crippen LogP contribution in [-0.4, -0.2) is 15.5 Å². The van der Waals surface area contributed by atoms with E-state index in [0.717, 1.165) is 52.7 Å². The van der Waals surface area contributed by atoms with Gasteiger partial charge in [0.15, 0.2) is 0 Å². The van der Waals surface area contributed by atoms with Crippen LogP contribution in [0.4, 0.5) is 5.69 Å². The van der Waals surface area contributed by atoms with Crippen LogP contribution in [0.1, 0.15) is 24.8 Å². The van der Waals surface area contributed by atoms with Crippen molar-refractivity contribution in [3.8, 4) is 17.2 Å². The second-order valence-electron chi connectivity index (χ2n) is 7.22. The van der Waals surface area contributed by atoms with Crippen LogP contribution in [0.2, 0.25) is 0 Å². The number of amides is 1. The number of rotatable bonds is 2. The maximum atomic E-state index is 11.6. The summed E-state index contributed by atoms with van der Waals surface area (Å²) in [5.41, 5.74) is 6.22. The molecule has 5 rings (SSSR count). The Bertz CT molecular complexity index is 1150. The number of fused-ring (bicyclic) bond motifs is 2. The van der Waals surface area contributed by atoms with E-state index in [1.165, 1.54) is 5.70 Å². The number of nitrogens with one attached hydrogen (secondary N) is 1. The number of nitrogens with zero attached hydrogens (tertiary/aromatic N) is 3. The van der Waals surface area contributed by atoms with E-state index in [1.807, 2.05) is 18.3 Å². The van der Waals surface area contributed by atoms with Gasteiger partial charge in [0.05, 0.1) is 18.4 Å². The van der Waals surface area contributed by atoms with E-state index >= 15 is 0 Å². The number of allylic oxidation sites excluding steroid dienone is 2. The van der Waals surface area contributed by atoms with E-state index in [2.05, 4.69) is 46.4 Å². The summed E-state index contributed by atoms with van der Waals surface area (Å²) in [7, 11) is 0. The highest BCUT2D eigenvalue weighted by molar-refractivity contribution is 5.99. The van der Waals surface area contributed by atoms with E-state index in [1.54, 1.807) is 0 Å². The fraction of sp³-hybridized carbons (Fsp3) is 0.227. The van der Waals surface area contributed by atoms with Gasteiger partial charge in [0.25, 0.3) is 0 Å². The zero-order chi connectivity index (χ0) is 18.4. The molecular weight excluding hydrogens is 336 g/mol. The quantitative estimate of drug-likeness (QED) is 0.743. The van der Waals surface area contributed by atoms with Gasteiger partial charge in [-0.2, -0.15) is 5.26 Å². The Morgan fingerprint density at radius 2 is 2.15 bits per heavy atom. The first kappa shape index (κ1) is 15.8. The summed E-state index contributed by atoms with van der Waals surface area (Å²) in [6.07, 6.45) is 9.17. The molecule has 2 aromatic heterocycles. The second kappa shape index (κ2) is 6.10. The third-order valence-corrected chi connectivity index (χ3v) is 5.47. The van der Waals surface area contributed by atoms with Crippen molar-refractivity contribution in [2.75, 3.05) is 5.32 Å². The Morgan fingerprint density at radius 1 is 1.22 bits per heavy atom. The molecule has 27 heavy (non-hydrogen) atoms. The van der Waals surface area contributed by atoms with E-state index in [9.17, 15) is 4.79 Å². The predicted molar refractivity (Wildman–Crippen MR) is 105 cm³/mol. The molecule has 3 heterocycles. The molecular formula is C22H18N4O. The van der Waals surface area contributed by atoms with Crippen molar-refractivity contribution in [1.29, 1.82) is 5.26 Å². The maximum Gasteiger partial charge on any atom is 0.228 e. The minimum Gasteiger partial charge on any atom is -0.326 e. The van der Waals surface area contributed by atoms with Crippen molar-refractivity contribution in [2.24, 2.45) is 5.92 Å². The number of hydrogen-bond donors (Lipinski definition) is 1. The molecule has 1 amide bonds. The summed E-state index contributed by atoms with van der Waals surface area (Å²) < 4.78 is 2.14. The largest absolute Gasteiger partial charge is 0.326 e. The van der Waals surface area contributed by atoms with E-state index in [-0.39, 0.29) is 11.8 Å². The fourth-order valence-corrected chi connectivity index (χ4v) is 3.98. The van der Waals surface area contributed by atoms with Crippen LogP contribution in [0, 0.1) is 17.2 Å². The highest BCUT2D eigenvalue weighted by Gasteiger charge is 2.19. The predicted octanol–water partition coefficient (Wildman–Crippen LogP) is 4.36. The van der Waals surface area contributed by atoms with Gasteiger partial charge in [-0.05, 0) is 54.7 Å². The van der Waals surface area contributed by atoms with E-state index in [4.69, 9.17) is 10.2 Å². The number of aromatic nitrogens is 2. The highest BCUT2D eigenvalue weighted by Crippen LogP contribution is 2.32. The molecule has 1 aliphatic heterocycles. The van der Waals surface area contributed by atoms with Crippen LogP contribution in [0.5, 0.6) is 0 Å². The Labute approximate surface area is 156 Å². The highest BCUT2D eigenvalue weighted by atomic mass is 16.1. The molecule has 0 spiro atoms. The summed E-state index contributed by atoms with van der Waals surface area (Å²) in [5.74, 6) is 0.184. The molecule has 1 atom stereocenters. The lowest BCUT2D eigenvalue weighted by atomic mass is 9.94. The third-order valence-electron chi connectivity index (χ3n) is 5.47. The lowest BCUT2D eigenvalue weighted by Crippen LogP contribution is -2.07. The number of carbonyl (C=O) groups excluding carboxylic acids is 1. The number of benzene rings is 1. The molecule has 1 aliphatic carbocycles. The van der Waals surface area contributed by atoms with E-state index in [0.29, 0.717) is 6.42 Å². The molecule has 1 aromatic carbocycles. The molecule has 0 fully saturated rings. The second-order valence-corrected chi connectivity index (χ2v) is 7.22. The molecule has 0 bridgehead atoms. The lowest BCUT2D eigenvalue weighted by Gasteiger charge is -2.18. The van der Waals surface area contributed by atoms with Crippen LogP contribution >= 0.6 is 0 Å². The minimum atomic E-state index is 0.0483. The normalized spacial score (nSPS) is 18.7. The molecule has 2 aliphatic rings. The summed E-state index contributed by atoms with van der Waals surface area (Å²) in [6, 6.07) is 12.6. The minimum absolute atomic E-state index is 0.0483. The maximum absolute atomic E-state index is 11.6. The molecule has 1 N–H and O–H groups in total. The third kappa shape index (κ3) is 2.70. The van der Waals surface area contributed by atoms with Crippen molar-refractivity contribution in [2.45, 2.75) is 25.7 Å². The molecule has 3 aromatic rings. The van der Waals surface area contributed by atoms with E-state index < -0.39 is 0 Å². The molecule has 0 saturated heterocycles. The molecule has 132 valence electrons. The number of anilines is 1. The van der Waals surface area contributed by atoms with Gasteiger partial charge in [-0.1, -0.05) is 12.1 Å². The smallest absolute Gasteiger partial charge is 0.228 e. The van der Waals surface area contributed by atoms with Crippen molar-refractivity contribution in [1.82, 2.24) is 9.55 Å². The van der Waals surface area contributed by atoms with Gasteiger partial charge in [0.1, 0.15) is 5.65 Å². The first-order valence-corrected chi connectivity index (χ1v) is 9.20. The monoisotopic (exact) mass is 354 g/mol. The zero-order valence-electron chi connectivity index (χ0n) is 14.8. The molecule has 0 saturated carbocycles. The summed E-state index contributed by atoms with van der Waals surface area (Å²) in [6.45, 7) is 0.